The molecule has 12 heavy (non-hydrogen) atoms. The summed E-state index contributed by atoms with van der Waals surface area (Å²) in [6, 6.07) is 0. The zero-order valence-corrected chi connectivity index (χ0v) is 8.97. The van der Waals surface area contributed by atoms with Gasteiger partial charge in [0.25, 0.3) is 0 Å². The summed E-state index contributed by atoms with van der Waals surface area (Å²) < 4.78 is 0. The molecule has 0 heteroatoms. The van der Waals surface area contributed by atoms with Crippen LogP contribution in [-0.2, 0) is 0 Å². The smallest absolute Gasteiger partial charge is 0.0325 e. The Morgan fingerprint density at radius 1 is 1.17 bits per heavy atom. The molecule has 0 saturated carbocycles. The Balaban J connectivity index is 3.13. The Morgan fingerprint density at radius 2 is 1.92 bits per heavy atom. The normalized spacial score (nSPS) is 13.9. The summed E-state index contributed by atoms with van der Waals surface area (Å²) in [7, 11) is 0. The Labute approximate surface area is 78.1 Å². The fourth-order valence-corrected chi connectivity index (χ4v) is 1.41. The van der Waals surface area contributed by atoms with Crippen LogP contribution in [0.3, 0.4) is 0 Å². The molecule has 1 atom stereocenters. The summed E-state index contributed by atoms with van der Waals surface area (Å²) in [5, 5.41) is 0. The zero-order valence-electron chi connectivity index (χ0n) is 8.97. The van der Waals surface area contributed by atoms with E-state index in [1.54, 1.807) is 0 Å². The van der Waals surface area contributed by atoms with E-state index in [0.717, 1.165) is 5.92 Å². The van der Waals surface area contributed by atoms with E-state index in [4.69, 9.17) is 0 Å². The van der Waals surface area contributed by atoms with Crippen molar-refractivity contribution in [2.75, 3.05) is 0 Å². The van der Waals surface area contributed by atoms with Gasteiger partial charge in [0, 0.05) is 0 Å². The van der Waals surface area contributed by atoms with Crippen LogP contribution in [0.25, 0.3) is 0 Å². The monoisotopic (exact) mass is 168 g/mol. The minimum Gasteiger partial charge on any atom is -0.0917 e. The van der Waals surface area contributed by atoms with Gasteiger partial charge in [-0.15, -0.1) is 0 Å². The van der Waals surface area contributed by atoms with E-state index in [1.807, 2.05) is 0 Å². The van der Waals surface area contributed by atoms with Crippen LogP contribution >= 0.6 is 0 Å². The van der Waals surface area contributed by atoms with Crippen molar-refractivity contribution in [3.8, 4) is 0 Å². The summed E-state index contributed by atoms with van der Waals surface area (Å²) in [5.74, 6) is 0.887. The molecule has 0 aromatic carbocycles. The van der Waals surface area contributed by atoms with Gasteiger partial charge in [0.1, 0.15) is 0 Å². The molecule has 0 heterocycles. The molecule has 0 spiro atoms. The highest BCUT2D eigenvalue weighted by Gasteiger charge is 1.98. The lowest BCUT2D eigenvalue weighted by Gasteiger charge is -2.07. The average Bonchev–Trinajstić information content (AvgIpc) is 2.09. The average molecular weight is 168 g/mol. The van der Waals surface area contributed by atoms with Crippen LogP contribution in [0.4, 0.5) is 0 Å². The van der Waals surface area contributed by atoms with Crippen LogP contribution in [0.2, 0.25) is 0 Å². The van der Waals surface area contributed by atoms with Crippen LogP contribution in [0.1, 0.15) is 59.3 Å². The molecule has 72 valence electrons. The van der Waals surface area contributed by atoms with Crippen LogP contribution in [-0.4, -0.2) is 0 Å². The molecule has 0 saturated heterocycles. The van der Waals surface area contributed by atoms with E-state index in [-0.39, 0.29) is 0 Å². The molecule has 0 radical (unpaired) electrons. The first-order valence-electron chi connectivity index (χ1n) is 5.42. The first-order valence-corrected chi connectivity index (χ1v) is 5.42. The number of allylic oxidation sites excluding steroid dienone is 2. The van der Waals surface area contributed by atoms with E-state index in [0.29, 0.717) is 0 Å². The third-order valence-electron chi connectivity index (χ3n) is 2.32. The first-order chi connectivity index (χ1) is 5.81. The fourth-order valence-electron chi connectivity index (χ4n) is 1.41. The maximum atomic E-state index is 2.35. The maximum Gasteiger partial charge on any atom is -0.0325 e. The van der Waals surface area contributed by atoms with Gasteiger partial charge < -0.3 is 0 Å². The molecule has 0 aliphatic carbocycles. The summed E-state index contributed by atoms with van der Waals surface area (Å²) in [6.07, 6.45) is 12.7. The van der Waals surface area contributed by atoms with Crippen molar-refractivity contribution < 1.29 is 0 Å². The first kappa shape index (κ1) is 11.7. The molecule has 0 nitrogen and oxygen atoms in total. The molecule has 0 aliphatic rings. The van der Waals surface area contributed by atoms with Gasteiger partial charge in [0.15, 0.2) is 0 Å². The SMILES string of the molecule is CC=CCC(C)CCCCCC. The highest BCUT2D eigenvalue weighted by Crippen LogP contribution is 2.13. The molecular formula is C12H24. The minimum absolute atomic E-state index is 0.887. The van der Waals surface area contributed by atoms with E-state index < -0.39 is 0 Å². The van der Waals surface area contributed by atoms with E-state index in [1.165, 1.54) is 38.5 Å². The van der Waals surface area contributed by atoms with Crippen molar-refractivity contribution in [3.05, 3.63) is 12.2 Å². The molecule has 0 rings (SSSR count). The van der Waals surface area contributed by atoms with Crippen molar-refractivity contribution in [2.45, 2.75) is 59.3 Å². The van der Waals surface area contributed by atoms with Crippen LogP contribution in [0, 0.1) is 5.92 Å². The third kappa shape index (κ3) is 7.84. The Kier molecular flexibility index (Phi) is 8.64. The van der Waals surface area contributed by atoms with Crippen molar-refractivity contribution in [2.24, 2.45) is 5.92 Å². The number of hydrogen-bond donors (Lipinski definition) is 0. The number of rotatable bonds is 7. The summed E-state index contributed by atoms with van der Waals surface area (Å²) in [4.78, 5) is 0. The highest BCUT2D eigenvalue weighted by molar-refractivity contribution is 4.78. The van der Waals surface area contributed by atoms with E-state index in [2.05, 4.69) is 32.9 Å². The summed E-state index contributed by atoms with van der Waals surface area (Å²) >= 11 is 0. The molecule has 0 aliphatic heterocycles. The Morgan fingerprint density at radius 3 is 2.50 bits per heavy atom. The zero-order chi connectivity index (χ0) is 9.23. The van der Waals surface area contributed by atoms with E-state index in [9.17, 15) is 0 Å². The minimum atomic E-state index is 0.887. The standard InChI is InChI=1S/C12H24/c1-4-6-8-9-11-12(3)10-7-5-2/h5,7,12H,4,6,8-11H2,1-3H3. The van der Waals surface area contributed by atoms with Gasteiger partial charge in [-0.3, -0.25) is 0 Å². The quantitative estimate of drug-likeness (QED) is 0.386. The van der Waals surface area contributed by atoms with Crippen LogP contribution in [0.15, 0.2) is 12.2 Å². The predicted molar refractivity (Wildman–Crippen MR) is 57.4 cm³/mol. The van der Waals surface area contributed by atoms with E-state index >= 15 is 0 Å². The molecule has 0 bridgehead atoms. The van der Waals surface area contributed by atoms with Crippen molar-refractivity contribution >= 4 is 0 Å². The molecule has 0 fully saturated rings. The number of unbranched alkanes of at least 4 members (excludes halogenated alkanes) is 3. The topological polar surface area (TPSA) is 0 Å². The van der Waals surface area contributed by atoms with Gasteiger partial charge >= 0.3 is 0 Å². The van der Waals surface area contributed by atoms with Gasteiger partial charge in [-0.25, -0.2) is 0 Å². The Bertz CT molecular complexity index is 103. The van der Waals surface area contributed by atoms with Crippen molar-refractivity contribution in [1.82, 2.24) is 0 Å². The summed E-state index contributed by atoms with van der Waals surface area (Å²) in [6.45, 7) is 6.72. The lowest BCUT2D eigenvalue weighted by molar-refractivity contribution is 0.494. The van der Waals surface area contributed by atoms with Crippen molar-refractivity contribution in [3.63, 3.8) is 0 Å². The Hall–Kier alpha value is -0.260. The van der Waals surface area contributed by atoms with Gasteiger partial charge in [0.05, 0.1) is 0 Å². The van der Waals surface area contributed by atoms with Gasteiger partial charge in [-0.1, -0.05) is 58.1 Å². The second-order valence-corrected chi connectivity index (χ2v) is 3.76. The highest BCUT2D eigenvalue weighted by atomic mass is 14.0. The molecule has 1 unspecified atom stereocenters. The van der Waals surface area contributed by atoms with Crippen LogP contribution in [0.5, 0.6) is 0 Å². The largest absolute Gasteiger partial charge is 0.0917 e. The second-order valence-electron chi connectivity index (χ2n) is 3.76. The van der Waals surface area contributed by atoms with Crippen molar-refractivity contribution in [1.29, 1.82) is 0 Å². The van der Waals surface area contributed by atoms with Gasteiger partial charge in [-0.05, 0) is 19.3 Å². The maximum absolute atomic E-state index is 2.35. The molecular weight excluding hydrogens is 144 g/mol. The lowest BCUT2D eigenvalue weighted by atomic mass is 9.99. The lowest BCUT2D eigenvalue weighted by Crippen LogP contribution is -1.92. The number of hydrogen-bond acceptors (Lipinski definition) is 0. The molecule has 0 N–H and O–H groups in total. The molecule has 0 amide bonds. The van der Waals surface area contributed by atoms with Crippen LogP contribution < -0.4 is 0 Å². The fraction of sp³-hybridized carbons (Fsp3) is 0.833. The second kappa shape index (κ2) is 8.83. The van der Waals surface area contributed by atoms with Gasteiger partial charge in [0.2, 0.25) is 0 Å². The predicted octanol–water partition coefficient (Wildman–Crippen LogP) is 4.56. The summed E-state index contributed by atoms with van der Waals surface area (Å²) in [5.41, 5.74) is 0. The molecule has 0 aromatic heterocycles. The molecule has 0 aromatic rings. The van der Waals surface area contributed by atoms with Gasteiger partial charge in [-0.2, -0.15) is 0 Å². The third-order valence-corrected chi connectivity index (χ3v) is 2.32.